The molecule has 1 aromatic heterocycles. The van der Waals surface area contributed by atoms with Crippen LogP contribution in [-0.2, 0) is 6.42 Å². The van der Waals surface area contributed by atoms with E-state index < -0.39 is 0 Å². The van der Waals surface area contributed by atoms with Gasteiger partial charge >= 0.3 is 0 Å². The number of nitrogens with zero attached hydrogens (tertiary/aromatic N) is 3. The van der Waals surface area contributed by atoms with Gasteiger partial charge in [-0.2, -0.15) is 0 Å². The summed E-state index contributed by atoms with van der Waals surface area (Å²) in [7, 11) is 1.67. The normalized spacial score (nSPS) is 10.7. The molecule has 106 valence electrons. The second-order valence-electron chi connectivity index (χ2n) is 4.73. The number of nitrogens with two attached hydrogens (primary N) is 1. The first kappa shape index (κ1) is 14.4. The average molecular weight is 272 g/mol. The number of aromatic nitrogens is 3. The molecule has 0 aliphatic heterocycles. The topological polar surface area (TPSA) is 73.9 Å². The number of benzene rings is 1. The van der Waals surface area contributed by atoms with Crippen LogP contribution in [0, 0.1) is 20.8 Å². The quantitative estimate of drug-likeness (QED) is 0.921. The number of aryl methyl sites for hydroxylation is 1. The first-order valence-corrected chi connectivity index (χ1v) is 6.63. The first-order chi connectivity index (χ1) is 9.56. The smallest absolute Gasteiger partial charge is 0.163 e. The highest BCUT2D eigenvalue weighted by Crippen LogP contribution is 2.29. The Labute approximate surface area is 119 Å². The number of hydrogen-bond acceptors (Lipinski definition) is 5. The lowest BCUT2D eigenvalue weighted by Crippen LogP contribution is -2.09. The maximum absolute atomic E-state index is 5.57. The van der Waals surface area contributed by atoms with E-state index in [4.69, 9.17) is 10.5 Å². The summed E-state index contributed by atoms with van der Waals surface area (Å²) in [6, 6.07) is 3.93. The summed E-state index contributed by atoms with van der Waals surface area (Å²) >= 11 is 0. The minimum Gasteiger partial charge on any atom is -0.496 e. The fraction of sp³-hybridized carbons (Fsp3) is 0.400. The summed E-state index contributed by atoms with van der Waals surface area (Å²) in [5, 5.41) is 0. The van der Waals surface area contributed by atoms with Crippen LogP contribution in [0.15, 0.2) is 12.1 Å². The molecular weight excluding hydrogens is 252 g/mol. The molecule has 20 heavy (non-hydrogen) atoms. The molecule has 5 nitrogen and oxygen atoms in total. The van der Waals surface area contributed by atoms with Crippen LogP contribution in [-0.4, -0.2) is 28.6 Å². The molecular formula is C15H20N4O. The Morgan fingerprint density at radius 1 is 1.05 bits per heavy atom. The third kappa shape index (κ3) is 2.77. The van der Waals surface area contributed by atoms with E-state index in [1.165, 1.54) is 0 Å². The molecule has 0 fully saturated rings. The highest BCUT2D eigenvalue weighted by atomic mass is 16.5. The molecule has 1 heterocycles. The third-order valence-electron chi connectivity index (χ3n) is 3.36. The van der Waals surface area contributed by atoms with E-state index in [0.717, 1.165) is 28.3 Å². The van der Waals surface area contributed by atoms with Crippen molar-refractivity contribution in [3.8, 4) is 17.1 Å². The monoisotopic (exact) mass is 272 g/mol. The Morgan fingerprint density at radius 2 is 1.80 bits per heavy atom. The van der Waals surface area contributed by atoms with Crippen molar-refractivity contribution in [2.45, 2.75) is 27.2 Å². The van der Waals surface area contributed by atoms with Crippen molar-refractivity contribution in [2.75, 3.05) is 13.7 Å². The Morgan fingerprint density at radius 3 is 2.45 bits per heavy atom. The largest absolute Gasteiger partial charge is 0.496 e. The molecule has 2 rings (SSSR count). The molecule has 0 saturated carbocycles. The number of ether oxygens (including phenoxy) is 1. The SMILES string of the molecule is COc1ccc(-c2nc(C)nc(CCN)n2)c(C)c1C. The van der Waals surface area contributed by atoms with E-state index in [9.17, 15) is 0 Å². The van der Waals surface area contributed by atoms with Crippen molar-refractivity contribution in [1.82, 2.24) is 15.0 Å². The molecule has 0 amide bonds. The van der Waals surface area contributed by atoms with Crippen molar-refractivity contribution in [1.29, 1.82) is 0 Å². The Bertz CT molecular complexity index is 626. The van der Waals surface area contributed by atoms with Gasteiger partial charge < -0.3 is 10.5 Å². The van der Waals surface area contributed by atoms with Gasteiger partial charge in [-0.1, -0.05) is 0 Å². The lowest BCUT2D eigenvalue weighted by molar-refractivity contribution is 0.411. The summed E-state index contributed by atoms with van der Waals surface area (Å²) in [5.41, 5.74) is 8.80. The summed E-state index contributed by atoms with van der Waals surface area (Å²) in [5.74, 6) is 3.03. The van der Waals surface area contributed by atoms with Crippen LogP contribution in [0.5, 0.6) is 5.75 Å². The van der Waals surface area contributed by atoms with Crippen molar-refractivity contribution >= 4 is 0 Å². The van der Waals surface area contributed by atoms with Crippen LogP contribution in [0.3, 0.4) is 0 Å². The lowest BCUT2D eigenvalue weighted by atomic mass is 10.0. The maximum atomic E-state index is 5.57. The van der Waals surface area contributed by atoms with Gasteiger partial charge in [-0.05, 0) is 50.6 Å². The van der Waals surface area contributed by atoms with E-state index in [1.54, 1.807) is 7.11 Å². The number of hydrogen-bond donors (Lipinski definition) is 1. The lowest BCUT2D eigenvalue weighted by Gasteiger charge is -2.12. The second-order valence-corrected chi connectivity index (χ2v) is 4.73. The van der Waals surface area contributed by atoms with Crippen molar-refractivity contribution in [3.05, 3.63) is 34.9 Å². The Kier molecular flexibility index (Phi) is 4.29. The van der Waals surface area contributed by atoms with Gasteiger partial charge in [0, 0.05) is 12.0 Å². The fourth-order valence-corrected chi connectivity index (χ4v) is 2.16. The summed E-state index contributed by atoms with van der Waals surface area (Å²) in [4.78, 5) is 13.3. The molecule has 0 bridgehead atoms. The zero-order valence-corrected chi connectivity index (χ0v) is 12.4. The van der Waals surface area contributed by atoms with Gasteiger partial charge in [0.25, 0.3) is 0 Å². The number of methoxy groups -OCH3 is 1. The summed E-state index contributed by atoms with van der Waals surface area (Å²) in [6.45, 7) is 6.49. The predicted molar refractivity (Wildman–Crippen MR) is 78.8 cm³/mol. The number of rotatable bonds is 4. The van der Waals surface area contributed by atoms with Crippen LogP contribution < -0.4 is 10.5 Å². The van der Waals surface area contributed by atoms with Crippen LogP contribution >= 0.6 is 0 Å². The minimum absolute atomic E-state index is 0.531. The molecule has 0 spiro atoms. The van der Waals surface area contributed by atoms with Crippen LogP contribution in [0.4, 0.5) is 0 Å². The van der Waals surface area contributed by atoms with Crippen molar-refractivity contribution in [3.63, 3.8) is 0 Å². The molecule has 0 radical (unpaired) electrons. The molecule has 0 aliphatic carbocycles. The second kappa shape index (κ2) is 5.96. The van der Waals surface area contributed by atoms with E-state index in [-0.39, 0.29) is 0 Å². The molecule has 2 N–H and O–H groups in total. The van der Waals surface area contributed by atoms with E-state index >= 15 is 0 Å². The summed E-state index contributed by atoms with van der Waals surface area (Å²) in [6.07, 6.45) is 0.657. The molecule has 0 aliphatic rings. The highest BCUT2D eigenvalue weighted by Gasteiger charge is 2.12. The minimum atomic E-state index is 0.531. The molecule has 0 unspecified atom stereocenters. The van der Waals surface area contributed by atoms with E-state index in [2.05, 4.69) is 21.9 Å². The van der Waals surface area contributed by atoms with Gasteiger partial charge in [0.2, 0.25) is 0 Å². The Balaban J connectivity index is 2.54. The average Bonchev–Trinajstić information content (AvgIpc) is 2.41. The third-order valence-corrected chi connectivity index (χ3v) is 3.36. The standard InChI is InChI=1S/C15H20N4O/c1-9-10(2)13(20-4)6-5-12(9)15-18-11(3)17-14(19-15)7-8-16/h5-6H,7-8,16H2,1-4H3. The molecule has 2 aromatic rings. The van der Waals surface area contributed by atoms with Gasteiger partial charge in [-0.25, -0.2) is 15.0 Å². The zero-order valence-electron chi connectivity index (χ0n) is 12.4. The maximum Gasteiger partial charge on any atom is 0.163 e. The van der Waals surface area contributed by atoms with Gasteiger partial charge in [0.15, 0.2) is 5.82 Å². The predicted octanol–water partition coefficient (Wildman–Crippen LogP) is 1.97. The van der Waals surface area contributed by atoms with E-state index in [1.807, 2.05) is 26.0 Å². The molecule has 1 aromatic carbocycles. The molecule has 0 saturated heterocycles. The fourth-order valence-electron chi connectivity index (χ4n) is 2.16. The van der Waals surface area contributed by atoms with Crippen LogP contribution in [0.1, 0.15) is 22.8 Å². The molecule has 5 heteroatoms. The van der Waals surface area contributed by atoms with Crippen LogP contribution in [0.2, 0.25) is 0 Å². The summed E-state index contributed by atoms with van der Waals surface area (Å²) < 4.78 is 5.33. The van der Waals surface area contributed by atoms with Crippen LogP contribution in [0.25, 0.3) is 11.4 Å². The highest BCUT2D eigenvalue weighted by molar-refractivity contribution is 5.64. The van der Waals surface area contributed by atoms with Crippen molar-refractivity contribution in [2.24, 2.45) is 5.73 Å². The van der Waals surface area contributed by atoms with Gasteiger partial charge in [0.1, 0.15) is 17.4 Å². The van der Waals surface area contributed by atoms with Gasteiger partial charge in [-0.3, -0.25) is 0 Å². The van der Waals surface area contributed by atoms with Gasteiger partial charge in [-0.15, -0.1) is 0 Å². The van der Waals surface area contributed by atoms with E-state index in [0.29, 0.717) is 24.6 Å². The first-order valence-electron chi connectivity index (χ1n) is 6.63. The van der Waals surface area contributed by atoms with Gasteiger partial charge in [0.05, 0.1) is 7.11 Å². The molecule has 0 atom stereocenters. The Hall–Kier alpha value is -2.01. The van der Waals surface area contributed by atoms with Crippen molar-refractivity contribution < 1.29 is 4.74 Å². The zero-order chi connectivity index (χ0) is 14.7.